The summed E-state index contributed by atoms with van der Waals surface area (Å²) in [6, 6.07) is 16.3. The van der Waals surface area contributed by atoms with Gasteiger partial charge in [-0.25, -0.2) is 0 Å². The average molecular weight is 328 g/mol. The lowest BCUT2D eigenvalue weighted by Gasteiger charge is -2.06. The van der Waals surface area contributed by atoms with E-state index in [2.05, 4.69) is 15.8 Å². The number of aromatic nitrogens is 1. The molecule has 1 heterocycles. The summed E-state index contributed by atoms with van der Waals surface area (Å²) in [5.41, 5.74) is 6.82. The molecule has 0 aliphatic heterocycles. The molecule has 2 amide bonds. The minimum atomic E-state index is -0.418. The first-order chi connectivity index (χ1) is 11.1. The molecule has 116 valence electrons. The fourth-order valence-electron chi connectivity index (χ4n) is 2.25. The van der Waals surface area contributed by atoms with Gasteiger partial charge in [-0.15, -0.1) is 0 Å². The van der Waals surface area contributed by atoms with Crippen molar-refractivity contribution in [3.8, 4) is 0 Å². The van der Waals surface area contributed by atoms with Gasteiger partial charge < -0.3 is 4.98 Å². The lowest BCUT2D eigenvalue weighted by molar-refractivity contribution is -0.121. The van der Waals surface area contributed by atoms with Crippen molar-refractivity contribution in [3.63, 3.8) is 0 Å². The topological polar surface area (TPSA) is 74.0 Å². The molecule has 6 heteroatoms. The van der Waals surface area contributed by atoms with E-state index in [-0.39, 0.29) is 12.3 Å². The molecule has 0 unspecified atom stereocenters. The molecule has 1 aromatic heterocycles. The second-order valence-electron chi connectivity index (χ2n) is 5.08. The summed E-state index contributed by atoms with van der Waals surface area (Å²) in [6.45, 7) is 0. The molecule has 0 radical (unpaired) electrons. The molecule has 0 saturated carbocycles. The fraction of sp³-hybridized carbons (Fsp3) is 0.0588. The lowest BCUT2D eigenvalue weighted by Crippen LogP contribution is -2.42. The molecular weight excluding hydrogens is 314 g/mol. The molecule has 5 nitrogen and oxygen atoms in total. The summed E-state index contributed by atoms with van der Waals surface area (Å²) in [6.07, 6.45) is 0.198. The van der Waals surface area contributed by atoms with E-state index < -0.39 is 5.91 Å². The third-order valence-electron chi connectivity index (χ3n) is 3.35. The van der Waals surface area contributed by atoms with Gasteiger partial charge in [-0.3, -0.25) is 20.4 Å². The van der Waals surface area contributed by atoms with Gasteiger partial charge in [0.15, 0.2) is 0 Å². The Morgan fingerprint density at radius 1 is 1.00 bits per heavy atom. The van der Waals surface area contributed by atoms with Gasteiger partial charge in [0.05, 0.1) is 6.42 Å². The molecule has 0 fully saturated rings. The third-order valence-corrected chi connectivity index (χ3v) is 3.59. The number of halogens is 1. The monoisotopic (exact) mass is 327 g/mol. The highest BCUT2D eigenvalue weighted by molar-refractivity contribution is 6.31. The van der Waals surface area contributed by atoms with Gasteiger partial charge in [0.2, 0.25) is 5.91 Å². The number of H-pyrrole nitrogens is 1. The van der Waals surface area contributed by atoms with E-state index in [0.717, 1.165) is 16.5 Å². The van der Waals surface area contributed by atoms with Crippen LogP contribution in [0.3, 0.4) is 0 Å². The molecule has 3 N–H and O–H groups in total. The molecule has 0 atom stereocenters. The molecule has 0 saturated heterocycles. The fourth-order valence-corrected chi connectivity index (χ4v) is 2.43. The van der Waals surface area contributed by atoms with Crippen LogP contribution in [-0.4, -0.2) is 16.8 Å². The highest BCUT2D eigenvalue weighted by Gasteiger charge is 2.11. The Balaban J connectivity index is 1.61. The zero-order valence-electron chi connectivity index (χ0n) is 12.1. The van der Waals surface area contributed by atoms with E-state index in [1.807, 2.05) is 30.3 Å². The van der Waals surface area contributed by atoms with E-state index in [1.54, 1.807) is 24.3 Å². The second-order valence-corrected chi connectivity index (χ2v) is 5.52. The minimum absolute atomic E-state index is 0.198. The van der Waals surface area contributed by atoms with Crippen molar-refractivity contribution < 1.29 is 9.59 Å². The van der Waals surface area contributed by atoms with Gasteiger partial charge >= 0.3 is 0 Å². The van der Waals surface area contributed by atoms with E-state index in [4.69, 9.17) is 11.6 Å². The van der Waals surface area contributed by atoms with Gasteiger partial charge in [0.1, 0.15) is 5.69 Å². The number of carbonyl (C=O) groups is 2. The molecule has 0 aliphatic rings. The van der Waals surface area contributed by atoms with Gasteiger partial charge in [0.25, 0.3) is 5.91 Å². The first-order valence-electron chi connectivity index (χ1n) is 7.03. The summed E-state index contributed by atoms with van der Waals surface area (Å²) in [7, 11) is 0. The first-order valence-corrected chi connectivity index (χ1v) is 7.41. The number of rotatable bonds is 3. The van der Waals surface area contributed by atoms with Crippen LogP contribution in [0.1, 0.15) is 16.1 Å². The number of hydrazine groups is 1. The van der Waals surface area contributed by atoms with Crippen LogP contribution in [0.2, 0.25) is 5.02 Å². The van der Waals surface area contributed by atoms with Crippen molar-refractivity contribution in [2.75, 3.05) is 0 Å². The molecule has 3 aromatic rings. The van der Waals surface area contributed by atoms with Crippen molar-refractivity contribution in [2.24, 2.45) is 0 Å². The average Bonchev–Trinajstić information content (AvgIpc) is 2.96. The molecule has 0 bridgehead atoms. The number of benzene rings is 2. The predicted octanol–water partition coefficient (Wildman–Crippen LogP) is 2.83. The normalized spacial score (nSPS) is 10.5. The number of aromatic amines is 1. The number of amides is 2. The highest BCUT2D eigenvalue weighted by atomic mass is 35.5. The number of hydrogen-bond acceptors (Lipinski definition) is 2. The van der Waals surface area contributed by atoms with E-state index in [0.29, 0.717) is 10.7 Å². The Morgan fingerprint density at radius 2 is 1.78 bits per heavy atom. The van der Waals surface area contributed by atoms with Crippen LogP contribution in [0.4, 0.5) is 0 Å². The van der Waals surface area contributed by atoms with E-state index in [9.17, 15) is 9.59 Å². The van der Waals surface area contributed by atoms with Crippen LogP contribution in [0, 0.1) is 0 Å². The largest absolute Gasteiger partial charge is 0.350 e. The van der Waals surface area contributed by atoms with Crippen LogP contribution >= 0.6 is 11.6 Å². The van der Waals surface area contributed by atoms with Gasteiger partial charge in [0, 0.05) is 15.9 Å². The summed E-state index contributed by atoms with van der Waals surface area (Å²) in [5.74, 6) is -0.706. The van der Waals surface area contributed by atoms with Gasteiger partial charge in [-0.1, -0.05) is 41.9 Å². The molecule has 3 rings (SSSR count). The maximum atomic E-state index is 12.1. The Kier molecular flexibility index (Phi) is 4.30. The van der Waals surface area contributed by atoms with Crippen LogP contribution < -0.4 is 10.9 Å². The van der Waals surface area contributed by atoms with Crippen molar-refractivity contribution in [1.82, 2.24) is 15.8 Å². The van der Waals surface area contributed by atoms with E-state index in [1.165, 1.54) is 0 Å². The van der Waals surface area contributed by atoms with Crippen LogP contribution in [0.5, 0.6) is 0 Å². The SMILES string of the molecule is O=C(Cc1ccccc1)NNC(=O)c1cc2cc(Cl)ccc2[nH]1. The lowest BCUT2D eigenvalue weighted by atomic mass is 10.1. The van der Waals surface area contributed by atoms with Gasteiger partial charge in [-0.05, 0) is 29.8 Å². The van der Waals surface area contributed by atoms with Crippen LogP contribution in [-0.2, 0) is 11.2 Å². The molecule has 0 aliphatic carbocycles. The van der Waals surface area contributed by atoms with Crippen molar-refractivity contribution in [1.29, 1.82) is 0 Å². The number of fused-ring (bicyclic) bond motifs is 1. The van der Waals surface area contributed by atoms with Crippen molar-refractivity contribution in [3.05, 3.63) is 70.9 Å². The quantitative estimate of drug-likeness (QED) is 0.647. The zero-order valence-corrected chi connectivity index (χ0v) is 12.9. The molecule has 2 aromatic carbocycles. The molecular formula is C17H14ClN3O2. The predicted molar refractivity (Wildman–Crippen MR) is 89.1 cm³/mol. The first kappa shape index (κ1) is 15.1. The summed E-state index contributed by atoms with van der Waals surface area (Å²) >= 11 is 5.92. The Labute approximate surface area is 137 Å². The summed E-state index contributed by atoms with van der Waals surface area (Å²) < 4.78 is 0. The summed E-state index contributed by atoms with van der Waals surface area (Å²) in [5, 5.41) is 1.43. The van der Waals surface area contributed by atoms with Crippen LogP contribution in [0.15, 0.2) is 54.6 Å². The Hall–Kier alpha value is -2.79. The number of carbonyl (C=O) groups excluding carboxylic acids is 2. The number of nitrogens with one attached hydrogen (secondary N) is 3. The van der Waals surface area contributed by atoms with Gasteiger partial charge in [-0.2, -0.15) is 0 Å². The highest BCUT2D eigenvalue weighted by Crippen LogP contribution is 2.19. The third kappa shape index (κ3) is 3.70. The smallest absolute Gasteiger partial charge is 0.286 e. The Morgan fingerprint density at radius 3 is 2.57 bits per heavy atom. The van der Waals surface area contributed by atoms with Crippen molar-refractivity contribution in [2.45, 2.75) is 6.42 Å². The minimum Gasteiger partial charge on any atom is -0.350 e. The second kappa shape index (κ2) is 6.54. The standard InChI is InChI=1S/C17H14ClN3O2/c18-13-6-7-14-12(9-13)10-15(19-14)17(23)21-20-16(22)8-11-4-2-1-3-5-11/h1-7,9-10,19H,8H2,(H,20,22)(H,21,23). The van der Waals surface area contributed by atoms with Crippen molar-refractivity contribution >= 4 is 34.3 Å². The zero-order chi connectivity index (χ0) is 16.2. The van der Waals surface area contributed by atoms with Crippen LogP contribution in [0.25, 0.3) is 10.9 Å². The maximum Gasteiger partial charge on any atom is 0.286 e. The van der Waals surface area contributed by atoms with E-state index >= 15 is 0 Å². The summed E-state index contributed by atoms with van der Waals surface area (Å²) in [4.78, 5) is 26.9. The molecule has 0 spiro atoms. The Bertz CT molecular complexity index is 859. The molecule has 23 heavy (non-hydrogen) atoms. The number of hydrogen-bond donors (Lipinski definition) is 3. The maximum absolute atomic E-state index is 12.1.